The summed E-state index contributed by atoms with van der Waals surface area (Å²) < 4.78 is 54.0. The first-order valence-corrected chi connectivity index (χ1v) is 3.95. The molecule has 2 nitrogen and oxygen atoms in total. The normalized spacial score (nSPS) is 13.7. The fourth-order valence-electron chi connectivity index (χ4n) is 1.07. The van der Waals surface area contributed by atoms with Crippen LogP contribution in [0.1, 0.15) is 11.7 Å². The molecule has 0 aliphatic rings. The van der Waals surface area contributed by atoms with E-state index in [2.05, 4.69) is 4.74 Å². The summed E-state index contributed by atoms with van der Waals surface area (Å²) in [7, 11) is 1.13. The van der Waals surface area contributed by atoms with E-state index in [9.17, 15) is 17.6 Å². The predicted octanol–water partition coefficient (Wildman–Crippen LogP) is 2.43. The zero-order valence-corrected chi connectivity index (χ0v) is 7.68. The molecule has 0 saturated heterocycles. The van der Waals surface area contributed by atoms with E-state index in [1.807, 2.05) is 0 Å². The number of alkyl halides is 3. The maximum absolute atomic E-state index is 13.3. The summed E-state index contributed by atoms with van der Waals surface area (Å²) in [5, 5.41) is 8.84. The molecule has 0 radical (unpaired) electrons. The highest BCUT2D eigenvalue weighted by Gasteiger charge is 2.41. The molecular formula is C9H8F4O2. The Morgan fingerprint density at radius 1 is 1.33 bits per heavy atom. The van der Waals surface area contributed by atoms with Crippen molar-refractivity contribution in [2.45, 2.75) is 12.3 Å². The van der Waals surface area contributed by atoms with Gasteiger partial charge in [-0.1, -0.05) is 12.1 Å². The molecule has 1 N–H and O–H groups in total. The van der Waals surface area contributed by atoms with E-state index >= 15 is 0 Å². The van der Waals surface area contributed by atoms with Crippen molar-refractivity contribution >= 4 is 0 Å². The molecule has 0 heterocycles. The Morgan fingerprint density at radius 3 is 2.40 bits per heavy atom. The Labute approximate surface area is 83.1 Å². The molecule has 6 heteroatoms. The number of hydrogen-bond donors (Lipinski definition) is 1. The first-order valence-electron chi connectivity index (χ1n) is 3.95. The largest absolute Gasteiger partial charge is 0.494 e. The molecule has 0 amide bonds. The van der Waals surface area contributed by atoms with Crippen LogP contribution in [0.2, 0.25) is 0 Å². The first-order chi connectivity index (χ1) is 6.88. The molecule has 0 aromatic heterocycles. The Morgan fingerprint density at radius 2 is 1.93 bits per heavy atom. The molecule has 0 aliphatic carbocycles. The van der Waals surface area contributed by atoms with Crippen molar-refractivity contribution in [2.24, 2.45) is 0 Å². The number of hydrogen-bond acceptors (Lipinski definition) is 2. The van der Waals surface area contributed by atoms with Gasteiger partial charge in [0.2, 0.25) is 0 Å². The summed E-state index contributed by atoms with van der Waals surface area (Å²) in [4.78, 5) is 0. The maximum atomic E-state index is 13.3. The van der Waals surface area contributed by atoms with Gasteiger partial charge in [0, 0.05) is 5.56 Å². The van der Waals surface area contributed by atoms with Crippen LogP contribution in [0.5, 0.6) is 5.75 Å². The highest BCUT2D eigenvalue weighted by Crippen LogP contribution is 2.35. The van der Waals surface area contributed by atoms with Gasteiger partial charge >= 0.3 is 6.18 Å². The molecule has 0 bridgehead atoms. The van der Waals surface area contributed by atoms with Gasteiger partial charge in [-0.15, -0.1) is 0 Å². The van der Waals surface area contributed by atoms with E-state index in [4.69, 9.17) is 5.11 Å². The number of rotatable bonds is 2. The molecule has 15 heavy (non-hydrogen) atoms. The topological polar surface area (TPSA) is 29.5 Å². The summed E-state index contributed by atoms with van der Waals surface area (Å²) in [5.74, 6) is -1.54. The highest BCUT2D eigenvalue weighted by atomic mass is 19.4. The van der Waals surface area contributed by atoms with Crippen LogP contribution >= 0.6 is 0 Å². The monoisotopic (exact) mass is 224 g/mol. The average molecular weight is 224 g/mol. The Balaban J connectivity index is 3.15. The number of aliphatic hydroxyl groups excluding tert-OH is 1. The zero-order chi connectivity index (χ0) is 11.6. The van der Waals surface area contributed by atoms with E-state index in [1.165, 1.54) is 12.1 Å². The summed E-state index contributed by atoms with van der Waals surface area (Å²) in [5.41, 5.74) is -0.846. The van der Waals surface area contributed by atoms with Gasteiger partial charge < -0.3 is 9.84 Å². The quantitative estimate of drug-likeness (QED) is 0.782. The number of halogens is 4. The minimum atomic E-state index is -4.90. The van der Waals surface area contributed by atoms with E-state index in [0.29, 0.717) is 0 Å². The number of aliphatic hydroxyl groups is 1. The third-order valence-electron chi connectivity index (χ3n) is 1.82. The van der Waals surface area contributed by atoms with Crippen molar-refractivity contribution in [3.8, 4) is 5.75 Å². The third kappa shape index (κ3) is 2.38. The SMILES string of the molecule is COc1cccc([C@H](O)C(F)(F)F)c1F. The van der Waals surface area contributed by atoms with Gasteiger partial charge in [0.15, 0.2) is 17.7 Å². The second-order valence-electron chi connectivity index (χ2n) is 2.81. The van der Waals surface area contributed by atoms with Crippen molar-refractivity contribution in [1.29, 1.82) is 0 Å². The molecular weight excluding hydrogens is 216 g/mol. The van der Waals surface area contributed by atoms with Gasteiger partial charge in [0.05, 0.1) is 7.11 Å². The van der Waals surface area contributed by atoms with Gasteiger partial charge in [-0.2, -0.15) is 13.2 Å². The summed E-state index contributed by atoms with van der Waals surface area (Å²) in [6.07, 6.45) is -7.74. The fraction of sp³-hybridized carbons (Fsp3) is 0.333. The summed E-state index contributed by atoms with van der Waals surface area (Å²) in [6, 6.07) is 3.20. The van der Waals surface area contributed by atoms with Crippen LogP contribution in [0.4, 0.5) is 17.6 Å². The molecule has 0 fully saturated rings. The number of benzene rings is 1. The lowest BCUT2D eigenvalue weighted by Crippen LogP contribution is -2.21. The number of ether oxygens (including phenoxy) is 1. The minimum absolute atomic E-state index is 0.337. The standard InChI is InChI=1S/C9H8F4O2/c1-15-6-4-2-3-5(7(6)10)8(14)9(11,12)13/h2-4,8,14H,1H3/t8-/m0/s1. The predicted molar refractivity (Wildman–Crippen MR) is 44.0 cm³/mol. The highest BCUT2D eigenvalue weighted by molar-refractivity contribution is 5.32. The van der Waals surface area contributed by atoms with Crippen LogP contribution in [0.15, 0.2) is 18.2 Å². The molecule has 1 aromatic rings. The zero-order valence-electron chi connectivity index (χ0n) is 7.68. The Hall–Kier alpha value is -1.30. The van der Waals surface area contributed by atoms with E-state index < -0.39 is 23.7 Å². The van der Waals surface area contributed by atoms with Crippen LogP contribution in [0.25, 0.3) is 0 Å². The lowest BCUT2D eigenvalue weighted by atomic mass is 10.1. The van der Waals surface area contributed by atoms with Crippen LogP contribution in [-0.2, 0) is 0 Å². The fourth-order valence-corrected chi connectivity index (χ4v) is 1.07. The molecule has 0 aliphatic heterocycles. The van der Waals surface area contributed by atoms with E-state index in [0.717, 1.165) is 13.2 Å². The van der Waals surface area contributed by atoms with Crippen LogP contribution in [0, 0.1) is 5.82 Å². The van der Waals surface area contributed by atoms with E-state index in [-0.39, 0.29) is 5.75 Å². The molecule has 0 saturated carbocycles. The van der Waals surface area contributed by atoms with E-state index in [1.54, 1.807) is 0 Å². The Kier molecular flexibility index (Phi) is 3.18. The maximum Gasteiger partial charge on any atom is 0.418 e. The average Bonchev–Trinajstić information content (AvgIpc) is 2.16. The molecule has 1 atom stereocenters. The van der Waals surface area contributed by atoms with Gasteiger partial charge in [-0.25, -0.2) is 4.39 Å². The summed E-state index contributed by atoms with van der Waals surface area (Å²) in [6.45, 7) is 0. The van der Waals surface area contributed by atoms with Crippen molar-refractivity contribution in [1.82, 2.24) is 0 Å². The molecule has 84 valence electrons. The lowest BCUT2D eigenvalue weighted by Gasteiger charge is -2.16. The third-order valence-corrected chi connectivity index (χ3v) is 1.82. The molecule has 1 rings (SSSR count). The number of methoxy groups -OCH3 is 1. The second-order valence-corrected chi connectivity index (χ2v) is 2.81. The van der Waals surface area contributed by atoms with Crippen molar-refractivity contribution in [2.75, 3.05) is 7.11 Å². The van der Waals surface area contributed by atoms with Crippen molar-refractivity contribution in [3.63, 3.8) is 0 Å². The van der Waals surface area contributed by atoms with Crippen LogP contribution in [-0.4, -0.2) is 18.4 Å². The second kappa shape index (κ2) is 4.06. The van der Waals surface area contributed by atoms with Gasteiger partial charge in [0.25, 0.3) is 0 Å². The van der Waals surface area contributed by atoms with Crippen molar-refractivity contribution in [3.05, 3.63) is 29.6 Å². The van der Waals surface area contributed by atoms with Gasteiger partial charge in [-0.05, 0) is 6.07 Å². The minimum Gasteiger partial charge on any atom is -0.494 e. The lowest BCUT2D eigenvalue weighted by molar-refractivity contribution is -0.207. The van der Waals surface area contributed by atoms with Crippen molar-refractivity contribution < 1.29 is 27.4 Å². The smallest absolute Gasteiger partial charge is 0.418 e. The van der Waals surface area contributed by atoms with Gasteiger partial charge in [0.1, 0.15) is 0 Å². The molecule has 0 spiro atoms. The van der Waals surface area contributed by atoms with Gasteiger partial charge in [-0.3, -0.25) is 0 Å². The van der Waals surface area contributed by atoms with Crippen LogP contribution < -0.4 is 4.74 Å². The van der Waals surface area contributed by atoms with Crippen LogP contribution in [0.3, 0.4) is 0 Å². The molecule has 0 unspecified atom stereocenters. The Bertz CT molecular complexity index is 348. The first kappa shape index (κ1) is 11.8. The molecule has 1 aromatic carbocycles. The summed E-state index contributed by atoms with van der Waals surface area (Å²) >= 11 is 0.